The van der Waals surface area contributed by atoms with Gasteiger partial charge in [-0.25, -0.2) is 8.42 Å². The van der Waals surface area contributed by atoms with Crippen LogP contribution >= 0.6 is 22.6 Å². The molecule has 0 saturated heterocycles. The first-order chi connectivity index (χ1) is 3.62. The Hall–Kier alpha value is 0.640. The molecule has 8 heavy (non-hydrogen) atoms. The summed E-state index contributed by atoms with van der Waals surface area (Å²) in [6.45, 7) is 0. The van der Waals surface area contributed by atoms with Crippen molar-refractivity contribution in [3.05, 3.63) is 0 Å². The molecule has 0 rings (SSSR count). The first kappa shape index (κ1) is 8.64. The summed E-state index contributed by atoms with van der Waals surface area (Å²) in [7, 11) is -2.90. The highest BCUT2D eigenvalue weighted by molar-refractivity contribution is 14.1. The zero-order chi connectivity index (χ0) is 6.62. The average molecular weight is 249 g/mol. The van der Waals surface area contributed by atoms with Gasteiger partial charge in [0, 0.05) is 4.43 Å². The Morgan fingerprint density at radius 3 is 2.12 bits per heavy atom. The summed E-state index contributed by atoms with van der Waals surface area (Å²) in [5.74, 6) is -0.0277. The van der Waals surface area contributed by atoms with E-state index in [2.05, 4.69) is 0 Å². The van der Waals surface area contributed by atoms with E-state index in [1.807, 2.05) is 22.6 Å². The first-order valence-corrected chi connectivity index (χ1v) is 5.43. The minimum absolute atomic E-state index is 0.198. The highest BCUT2D eigenvalue weighted by Crippen LogP contribution is 1.89. The third-order valence-electron chi connectivity index (χ3n) is 0.642. The zero-order valence-corrected chi connectivity index (χ0v) is 7.28. The summed E-state index contributed by atoms with van der Waals surface area (Å²) in [6.07, 6.45) is 0. The molecule has 0 unspecified atom stereocenters. The molecule has 2 N–H and O–H groups in total. The topological polar surface area (TPSA) is 60.2 Å². The van der Waals surface area contributed by atoms with Crippen molar-refractivity contribution >= 4 is 32.4 Å². The highest BCUT2D eigenvalue weighted by Gasteiger charge is 2.03. The van der Waals surface area contributed by atoms with Crippen molar-refractivity contribution in [2.75, 3.05) is 16.1 Å². The molecule has 0 aromatic carbocycles. The first-order valence-electron chi connectivity index (χ1n) is 2.09. The maximum Gasteiger partial charge on any atom is 0.163 e. The second-order valence-electron chi connectivity index (χ2n) is 1.30. The third-order valence-corrected chi connectivity index (χ3v) is 3.25. The van der Waals surface area contributed by atoms with Crippen molar-refractivity contribution in [2.45, 2.75) is 0 Å². The van der Waals surface area contributed by atoms with E-state index in [-0.39, 0.29) is 11.6 Å². The van der Waals surface area contributed by atoms with Gasteiger partial charge in [-0.2, -0.15) is 0 Å². The Morgan fingerprint density at radius 2 is 2.00 bits per heavy atom. The van der Waals surface area contributed by atoms with Crippen molar-refractivity contribution in [3.8, 4) is 0 Å². The van der Waals surface area contributed by atoms with Crippen molar-refractivity contribution < 1.29 is 8.42 Å². The van der Waals surface area contributed by atoms with Gasteiger partial charge in [0.2, 0.25) is 0 Å². The monoisotopic (exact) mass is 249 g/mol. The molecular weight excluding hydrogens is 241 g/mol. The molecule has 5 heteroatoms. The molecule has 0 amide bonds. The lowest BCUT2D eigenvalue weighted by Crippen LogP contribution is -2.18. The van der Waals surface area contributed by atoms with Crippen LogP contribution in [0, 0.1) is 0 Å². The Kier molecular flexibility index (Phi) is 3.91. The van der Waals surface area contributed by atoms with Crippen LogP contribution in [0.4, 0.5) is 0 Å². The van der Waals surface area contributed by atoms with E-state index >= 15 is 0 Å². The fourth-order valence-electron chi connectivity index (χ4n) is 0.201. The molecule has 0 heterocycles. The molecule has 0 aliphatic heterocycles. The summed E-state index contributed by atoms with van der Waals surface area (Å²) in [5.41, 5.74) is 4.90. The van der Waals surface area contributed by atoms with Crippen LogP contribution < -0.4 is 5.73 Å². The van der Waals surface area contributed by atoms with Gasteiger partial charge in [-0.1, -0.05) is 22.6 Å². The fraction of sp³-hybridized carbons (Fsp3) is 1.00. The van der Waals surface area contributed by atoms with Crippen LogP contribution in [-0.2, 0) is 9.84 Å². The Bertz CT molecular complexity index is 141. The number of hydrogen-bond donors (Lipinski definition) is 1. The van der Waals surface area contributed by atoms with Crippen molar-refractivity contribution in [2.24, 2.45) is 5.73 Å². The highest BCUT2D eigenvalue weighted by atomic mass is 127. The van der Waals surface area contributed by atoms with Crippen LogP contribution in [-0.4, -0.2) is 24.5 Å². The molecule has 0 bridgehead atoms. The SMILES string of the molecule is NCS(=O)(=O)CCI. The summed E-state index contributed by atoms with van der Waals surface area (Å²) in [4.78, 5) is 0. The van der Waals surface area contributed by atoms with Gasteiger partial charge in [0.15, 0.2) is 9.84 Å². The number of hydrogen-bond acceptors (Lipinski definition) is 3. The lowest BCUT2D eigenvalue weighted by Gasteiger charge is -1.92. The second-order valence-corrected chi connectivity index (χ2v) is 4.61. The normalized spacial score (nSPS) is 11.8. The predicted molar refractivity (Wildman–Crippen MR) is 41.7 cm³/mol. The maximum atomic E-state index is 10.5. The number of alkyl halides is 1. The number of rotatable bonds is 3. The van der Waals surface area contributed by atoms with Gasteiger partial charge in [0.05, 0.1) is 11.6 Å². The van der Waals surface area contributed by atoms with Gasteiger partial charge < -0.3 is 5.73 Å². The Morgan fingerprint density at radius 1 is 1.50 bits per heavy atom. The summed E-state index contributed by atoms with van der Waals surface area (Å²) < 4.78 is 21.6. The minimum Gasteiger partial charge on any atom is -0.318 e. The van der Waals surface area contributed by atoms with E-state index in [4.69, 9.17) is 5.73 Å². The molecule has 3 nitrogen and oxygen atoms in total. The molecule has 0 saturated carbocycles. The Labute approximate surface area is 62.7 Å². The maximum absolute atomic E-state index is 10.5. The molecule has 50 valence electrons. The molecule has 0 aromatic rings. The van der Waals surface area contributed by atoms with Crippen molar-refractivity contribution in [1.29, 1.82) is 0 Å². The summed E-state index contributed by atoms with van der Waals surface area (Å²) >= 11 is 2.00. The lowest BCUT2D eigenvalue weighted by atomic mass is 11.0. The van der Waals surface area contributed by atoms with E-state index in [1.54, 1.807) is 0 Å². The van der Waals surface area contributed by atoms with Gasteiger partial charge >= 0.3 is 0 Å². The van der Waals surface area contributed by atoms with E-state index in [0.29, 0.717) is 4.43 Å². The van der Waals surface area contributed by atoms with Gasteiger partial charge in [-0.05, 0) is 0 Å². The molecule has 0 fully saturated rings. The molecule has 0 aliphatic rings. The smallest absolute Gasteiger partial charge is 0.163 e. The van der Waals surface area contributed by atoms with E-state index in [0.717, 1.165) is 0 Å². The summed E-state index contributed by atoms with van der Waals surface area (Å²) in [5, 5.41) is 0. The fourth-order valence-corrected chi connectivity index (χ4v) is 2.62. The lowest BCUT2D eigenvalue weighted by molar-refractivity contribution is 0.598. The van der Waals surface area contributed by atoms with Gasteiger partial charge in [-0.15, -0.1) is 0 Å². The van der Waals surface area contributed by atoms with Crippen molar-refractivity contribution in [1.82, 2.24) is 0 Å². The van der Waals surface area contributed by atoms with E-state index < -0.39 is 9.84 Å². The minimum atomic E-state index is -2.90. The quantitative estimate of drug-likeness (QED) is 0.554. The summed E-state index contributed by atoms with van der Waals surface area (Å²) in [6, 6.07) is 0. The van der Waals surface area contributed by atoms with Crippen LogP contribution in [0.2, 0.25) is 0 Å². The molecule has 0 radical (unpaired) electrons. The standard InChI is InChI=1S/C3H8INO2S/c4-1-2-8(6,7)3-5/h1-3,5H2. The molecule has 0 aromatic heterocycles. The van der Waals surface area contributed by atoms with Crippen LogP contribution in [0.15, 0.2) is 0 Å². The van der Waals surface area contributed by atoms with Crippen LogP contribution in [0.1, 0.15) is 0 Å². The van der Waals surface area contributed by atoms with E-state index in [9.17, 15) is 8.42 Å². The number of halogens is 1. The molecule has 0 atom stereocenters. The zero-order valence-electron chi connectivity index (χ0n) is 4.30. The number of nitrogens with two attached hydrogens (primary N) is 1. The largest absolute Gasteiger partial charge is 0.318 e. The van der Waals surface area contributed by atoms with Crippen LogP contribution in [0.5, 0.6) is 0 Å². The Balaban J connectivity index is 3.76. The average Bonchev–Trinajstić information content (AvgIpc) is 1.67. The molecular formula is C3H8INO2S. The van der Waals surface area contributed by atoms with Crippen LogP contribution in [0.3, 0.4) is 0 Å². The van der Waals surface area contributed by atoms with E-state index in [1.165, 1.54) is 0 Å². The van der Waals surface area contributed by atoms with Gasteiger partial charge in [0.1, 0.15) is 0 Å². The van der Waals surface area contributed by atoms with Gasteiger partial charge in [-0.3, -0.25) is 0 Å². The van der Waals surface area contributed by atoms with Gasteiger partial charge in [0.25, 0.3) is 0 Å². The second kappa shape index (κ2) is 3.62. The molecule has 0 spiro atoms. The van der Waals surface area contributed by atoms with Crippen molar-refractivity contribution in [3.63, 3.8) is 0 Å². The molecule has 0 aliphatic carbocycles. The van der Waals surface area contributed by atoms with Crippen LogP contribution in [0.25, 0.3) is 0 Å². The number of sulfone groups is 1. The third kappa shape index (κ3) is 3.62. The predicted octanol–water partition coefficient (Wildman–Crippen LogP) is -0.248.